The Hall–Kier alpha value is -2.19. The second kappa shape index (κ2) is 6.61. The lowest BCUT2D eigenvalue weighted by atomic mass is 9.95. The molecule has 3 heterocycles. The summed E-state index contributed by atoms with van der Waals surface area (Å²) >= 11 is 1.29. The summed E-state index contributed by atoms with van der Waals surface area (Å²) in [5, 5.41) is 4.21. The fraction of sp³-hybridized carbons (Fsp3) is 0.294. The number of hydrogen-bond donors (Lipinski definition) is 1. The molecule has 0 unspecified atom stereocenters. The lowest BCUT2D eigenvalue weighted by molar-refractivity contribution is 0.603. The molecule has 0 aromatic carbocycles. The highest BCUT2D eigenvalue weighted by Crippen LogP contribution is 2.32. The van der Waals surface area contributed by atoms with Gasteiger partial charge in [0.15, 0.2) is 0 Å². The van der Waals surface area contributed by atoms with Crippen LogP contribution in [0.1, 0.15) is 31.2 Å². The van der Waals surface area contributed by atoms with Crippen LogP contribution in [-0.2, 0) is 22.0 Å². The minimum absolute atomic E-state index is 0.0755. The van der Waals surface area contributed by atoms with Gasteiger partial charge in [-0.25, -0.2) is 8.42 Å². The molecule has 3 aromatic heterocycles. The van der Waals surface area contributed by atoms with Gasteiger partial charge in [-0.3, -0.25) is 14.4 Å². The summed E-state index contributed by atoms with van der Waals surface area (Å²) in [6.07, 6.45) is 6.62. The third-order valence-electron chi connectivity index (χ3n) is 3.56. The lowest BCUT2D eigenvalue weighted by Crippen LogP contribution is -2.11. The molecule has 3 rings (SSSR count). The predicted octanol–water partition coefficient (Wildman–Crippen LogP) is 3.49. The van der Waals surface area contributed by atoms with E-state index in [4.69, 9.17) is 0 Å². The first kappa shape index (κ1) is 17.6. The van der Waals surface area contributed by atoms with E-state index in [1.807, 2.05) is 18.2 Å². The second-order valence-electron chi connectivity index (χ2n) is 6.76. The third kappa shape index (κ3) is 4.26. The van der Waals surface area contributed by atoms with Crippen LogP contribution < -0.4 is 4.72 Å². The van der Waals surface area contributed by atoms with Gasteiger partial charge in [-0.05, 0) is 35.2 Å². The molecule has 6 nitrogen and oxygen atoms in total. The van der Waals surface area contributed by atoms with Crippen molar-refractivity contribution in [2.24, 2.45) is 0 Å². The summed E-state index contributed by atoms with van der Waals surface area (Å²) in [5.74, 6) is 0. The highest BCUT2D eigenvalue weighted by Gasteiger charge is 2.22. The van der Waals surface area contributed by atoms with Gasteiger partial charge in [0.1, 0.15) is 4.21 Å². The Morgan fingerprint density at radius 3 is 2.52 bits per heavy atom. The average Bonchev–Trinajstić information content (AvgIpc) is 3.17. The van der Waals surface area contributed by atoms with Crippen LogP contribution >= 0.6 is 11.3 Å². The number of pyridine rings is 1. The molecule has 0 aliphatic heterocycles. The van der Waals surface area contributed by atoms with Crippen molar-refractivity contribution >= 4 is 27.0 Å². The Morgan fingerprint density at radius 2 is 1.88 bits per heavy atom. The molecule has 0 atom stereocenters. The van der Waals surface area contributed by atoms with Crippen LogP contribution in [0.3, 0.4) is 0 Å². The zero-order valence-electron chi connectivity index (χ0n) is 14.3. The smallest absolute Gasteiger partial charge is 0.271 e. The number of hydrogen-bond acceptors (Lipinski definition) is 5. The topological polar surface area (TPSA) is 76.9 Å². The van der Waals surface area contributed by atoms with Gasteiger partial charge in [-0.2, -0.15) is 5.10 Å². The number of anilines is 1. The van der Waals surface area contributed by atoms with Gasteiger partial charge in [-0.1, -0.05) is 20.8 Å². The standard InChI is InChI=1S/C17H20N4O2S2/c1-17(2,3)15-4-5-16(24-15)25(22,23)20-14-10-19-21(12-14)11-13-6-8-18-9-7-13/h4-10,12,20H,11H2,1-3H3. The molecule has 25 heavy (non-hydrogen) atoms. The average molecular weight is 377 g/mol. The summed E-state index contributed by atoms with van der Waals surface area (Å²) in [5.41, 5.74) is 1.41. The molecule has 3 aromatic rings. The van der Waals surface area contributed by atoms with Gasteiger partial charge in [0.25, 0.3) is 10.0 Å². The van der Waals surface area contributed by atoms with Gasteiger partial charge in [0, 0.05) is 23.5 Å². The lowest BCUT2D eigenvalue weighted by Gasteiger charge is -2.15. The van der Waals surface area contributed by atoms with Gasteiger partial charge < -0.3 is 0 Å². The van der Waals surface area contributed by atoms with E-state index in [-0.39, 0.29) is 5.41 Å². The molecule has 8 heteroatoms. The first-order chi connectivity index (χ1) is 11.7. The van der Waals surface area contributed by atoms with Crippen LogP contribution in [0.5, 0.6) is 0 Å². The number of thiophene rings is 1. The highest BCUT2D eigenvalue weighted by molar-refractivity contribution is 7.94. The van der Waals surface area contributed by atoms with E-state index in [2.05, 4.69) is 35.6 Å². The molecule has 0 bridgehead atoms. The van der Waals surface area contributed by atoms with Crippen LogP contribution in [0.2, 0.25) is 0 Å². The first-order valence-corrected chi connectivity index (χ1v) is 10.1. The second-order valence-corrected chi connectivity index (χ2v) is 9.75. The number of nitrogens with zero attached hydrogens (tertiary/aromatic N) is 3. The number of sulfonamides is 1. The molecule has 0 aliphatic rings. The van der Waals surface area contributed by atoms with Crippen LogP contribution in [0.25, 0.3) is 0 Å². The maximum absolute atomic E-state index is 12.6. The van der Waals surface area contributed by atoms with Gasteiger partial charge >= 0.3 is 0 Å². The van der Waals surface area contributed by atoms with Gasteiger partial charge in [-0.15, -0.1) is 11.3 Å². The summed E-state index contributed by atoms with van der Waals surface area (Å²) < 4.78 is 29.7. The molecule has 0 radical (unpaired) electrons. The maximum Gasteiger partial charge on any atom is 0.271 e. The van der Waals surface area contributed by atoms with Crippen LogP contribution in [0.4, 0.5) is 5.69 Å². The highest BCUT2D eigenvalue weighted by atomic mass is 32.2. The molecule has 1 N–H and O–H groups in total. The molecule has 0 saturated heterocycles. The van der Waals surface area contributed by atoms with Crippen molar-refractivity contribution in [2.45, 2.75) is 36.9 Å². The van der Waals surface area contributed by atoms with Gasteiger partial charge in [0.2, 0.25) is 0 Å². The molecular formula is C17H20N4O2S2. The fourth-order valence-electron chi connectivity index (χ4n) is 2.25. The summed E-state index contributed by atoms with van der Waals surface area (Å²) in [6.45, 7) is 6.74. The minimum Gasteiger partial charge on any atom is -0.276 e. The largest absolute Gasteiger partial charge is 0.276 e. The zero-order valence-corrected chi connectivity index (χ0v) is 15.9. The number of nitrogens with one attached hydrogen (secondary N) is 1. The van der Waals surface area contributed by atoms with Crippen molar-refractivity contribution in [3.8, 4) is 0 Å². The molecular weight excluding hydrogens is 356 g/mol. The van der Waals surface area contributed by atoms with Crippen molar-refractivity contribution in [3.63, 3.8) is 0 Å². The Labute approximate surface area is 151 Å². The van der Waals surface area contributed by atoms with E-state index in [0.717, 1.165) is 10.4 Å². The monoisotopic (exact) mass is 376 g/mol. The first-order valence-electron chi connectivity index (χ1n) is 7.78. The predicted molar refractivity (Wildman–Crippen MR) is 99.4 cm³/mol. The van der Waals surface area contributed by atoms with E-state index in [1.54, 1.807) is 29.3 Å². The fourth-order valence-corrected chi connectivity index (χ4v) is 4.64. The molecule has 132 valence electrons. The summed E-state index contributed by atoms with van der Waals surface area (Å²) in [4.78, 5) is 5.00. The molecule has 0 saturated carbocycles. The van der Waals surface area contributed by atoms with Crippen molar-refractivity contribution in [2.75, 3.05) is 4.72 Å². The van der Waals surface area contributed by atoms with Crippen molar-refractivity contribution < 1.29 is 8.42 Å². The van der Waals surface area contributed by atoms with Crippen molar-refractivity contribution in [1.29, 1.82) is 0 Å². The van der Waals surface area contributed by atoms with E-state index in [1.165, 1.54) is 17.5 Å². The molecule has 0 aliphatic carbocycles. The molecule has 0 fully saturated rings. The Morgan fingerprint density at radius 1 is 1.16 bits per heavy atom. The number of rotatable bonds is 5. The SMILES string of the molecule is CC(C)(C)c1ccc(S(=O)(=O)Nc2cnn(Cc3ccncc3)c2)s1. The van der Waals surface area contributed by atoms with Crippen LogP contribution in [0.15, 0.2) is 53.3 Å². The Kier molecular flexibility index (Phi) is 4.66. The van der Waals surface area contributed by atoms with Crippen molar-refractivity contribution in [1.82, 2.24) is 14.8 Å². The maximum atomic E-state index is 12.6. The Balaban J connectivity index is 1.74. The van der Waals surface area contributed by atoms with Crippen molar-refractivity contribution in [3.05, 3.63) is 59.5 Å². The van der Waals surface area contributed by atoms with Crippen LogP contribution in [-0.4, -0.2) is 23.2 Å². The minimum atomic E-state index is -3.61. The third-order valence-corrected chi connectivity index (χ3v) is 6.95. The number of aromatic nitrogens is 3. The summed E-state index contributed by atoms with van der Waals surface area (Å²) in [7, 11) is -3.61. The molecule has 0 amide bonds. The van der Waals surface area contributed by atoms with E-state index in [9.17, 15) is 8.42 Å². The summed E-state index contributed by atoms with van der Waals surface area (Å²) in [6, 6.07) is 7.30. The van der Waals surface area contributed by atoms with Gasteiger partial charge in [0.05, 0.1) is 18.4 Å². The van der Waals surface area contributed by atoms with E-state index in [0.29, 0.717) is 16.4 Å². The quantitative estimate of drug-likeness (QED) is 0.739. The normalized spacial score (nSPS) is 12.3. The molecule has 0 spiro atoms. The van der Waals surface area contributed by atoms with E-state index < -0.39 is 10.0 Å². The van der Waals surface area contributed by atoms with Crippen LogP contribution in [0, 0.1) is 0 Å². The van der Waals surface area contributed by atoms with E-state index >= 15 is 0 Å². The zero-order chi connectivity index (χ0) is 18.1. The Bertz CT molecular complexity index is 954.